The third-order valence-electron chi connectivity index (χ3n) is 2.28. The molecule has 1 rings (SSSR count). The number of carbonyl (C=O) groups is 1. The van der Waals surface area contributed by atoms with E-state index in [9.17, 15) is 4.79 Å². The van der Waals surface area contributed by atoms with Crippen molar-refractivity contribution in [2.45, 2.75) is 26.8 Å². The molecule has 0 bridgehead atoms. The van der Waals surface area contributed by atoms with Crippen LogP contribution in [0.1, 0.15) is 30.4 Å². The molecule has 0 aliphatic carbocycles. The van der Waals surface area contributed by atoms with Crippen LogP contribution in [0.15, 0.2) is 12.7 Å². The number of hydrogen-bond donors (Lipinski definition) is 2. The zero-order valence-corrected chi connectivity index (χ0v) is 11.9. The van der Waals surface area contributed by atoms with E-state index in [4.69, 9.17) is 5.73 Å². The quantitative estimate of drug-likeness (QED) is 0.776. The van der Waals surface area contributed by atoms with Gasteiger partial charge in [-0.1, -0.05) is 17.4 Å². The SMILES string of the molecule is C=CCN(CC)C(=O)c1sc(NC(C)C)nc1N. The summed E-state index contributed by atoms with van der Waals surface area (Å²) >= 11 is 1.29. The molecule has 0 aromatic carbocycles. The van der Waals surface area contributed by atoms with Gasteiger partial charge in [-0.05, 0) is 20.8 Å². The fraction of sp³-hybridized carbons (Fsp3) is 0.500. The third-order valence-corrected chi connectivity index (χ3v) is 3.27. The van der Waals surface area contributed by atoms with Gasteiger partial charge < -0.3 is 16.0 Å². The van der Waals surface area contributed by atoms with Crippen molar-refractivity contribution in [3.8, 4) is 0 Å². The molecular formula is C12H20N4OS. The maximum atomic E-state index is 12.2. The molecule has 0 radical (unpaired) electrons. The first-order valence-electron chi connectivity index (χ1n) is 5.92. The fourth-order valence-corrected chi connectivity index (χ4v) is 2.45. The van der Waals surface area contributed by atoms with Crippen molar-refractivity contribution in [2.75, 3.05) is 24.1 Å². The summed E-state index contributed by atoms with van der Waals surface area (Å²) in [4.78, 5) is 18.6. The van der Waals surface area contributed by atoms with Crippen LogP contribution < -0.4 is 11.1 Å². The van der Waals surface area contributed by atoms with Gasteiger partial charge >= 0.3 is 0 Å². The zero-order valence-electron chi connectivity index (χ0n) is 11.1. The van der Waals surface area contributed by atoms with Gasteiger partial charge in [0.25, 0.3) is 5.91 Å². The highest BCUT2D eigenvalue weighted by atomic mass is 32.1. The first-order chi connectivity index (χ1) is 8.49. The lowest BCUT2D eigenvalue weighted by Crippen LogP contribution is -2.30. The molecule has 0 saturated carbocycles. The van der Waals surface area contributed by atoms with Crippen LogP contribution in [-0.4, -0.2) is 34.9 Å². The lowest BCUT2D eigenvalue weighted by molar-refractivity contribution is 0.0787. The molecule has 18 heavy (non-hydrogen) atoms. The molecule has 100 valence electrons. The van der Waals surface area contributed by atoms with Crippen LogP contribution in [0.2, 0.25) is 0 Å². The van der Waals surface area contributed by atoms with Crippen molar-refractivity contribution in [1.82, 2.24) is 9.88 Å². The van der Waals surface area contributed by atoms with E-state index in [1.807, 2.05) is 20.8 Å². The first-order valence-corrected chi connectivity index (χ1v) is 6.74. The van der Waals surface area contributed by atoms with Gasteiger partial charge in [-0.25, -0.2) is 4.98 Å². The molecule has 0 spiro atoms. The molecular weight excluding hydrogens is 248 g/mol. The summed E-state index contributed by atoms with van der Waals surface area (Å²) in [7, 11) is 0. The van der Waals surface area contributed by atoms with Crippen LogP contribution in [0.4, 0.5) is 10.9 Å². The number of thiazole rings is 1. The Labute approximate surface area is 112 Å². The molecule has 0 atom stereocenters. The number of amides is 1. The number of rotatable bonds is 6. The van der Waals surface area contributed by atoms with E-state index in [-0.39, 0.29) is 17.8 Å². The molecule has 1 aromatic rings. The van der Waals surface area contributed by atoms with E-state index in [0.717, 1.165) is 0 Å². The maximum absolute atomic E-state index is 12.2. The number of nitrogen functional groups attached to an aromatic ring is 1. The molecule has 1 amide bonds. The number of hydrogen-bond acceptors (Lipinski definition) is 5. The minimum atomic E-state index is -0.0933. The number of likely N-dealkylation sites (N-methyl/N-ethyl adjacent to an activating group) is 1. The Bertz CT molecular complexity index is 428. The summed E-state index contributed by atoms with van der Waals surface area (Å²) in [6.07, 6.45) is 1.70. The number of aromatic nitrogens is 1. The highest BCUT2D eigenvalue weighted by molar-refractivity contribution is 7.18. The first kappa shape index (κ1) is 14.5. The molecule has 0 fully saturated rings. The van der Waals surface area contributed by atoms with Crippen molar-refractivity contribution in [1.29, 1.82) is 0 Å². The Balaban J connectivity index is 2.91. The summed E-state index contributed by atoms with van der Waals surface area (Å²) in [6.45, 7) is 10.7. The maximum Gasteiger partial charge on any atom is 0.268 e. The van der Waals surface area contributed by atoms with Gasteiger partial charge in [0, 0.05) is 19.1 Å². The Hall–Kier alpha value is -1.56. The zero-order chi connectivity index (χ0) is 13.7. The number of nitrogens with two attached hydrogens (primary N) is 1. The molecule has 0 aliphatic heterocycles. The summed E-state index contributed by atoms with van der Waals surface area (Å²) in [5.74, 6) is 0.194. The van der Waals surface area contributed by atoms with Crippen LogP contribution in [-0.2, 0) is 0 Å². The molecule has 0 aliphatic rings. The second-order valence-corrected chi connectivity index (χ2v) is 5.16. The normalized spacial score (nSPS) is 10.4. The summed E-state index contributed by atoms with van der Waals surface area (Å²) in [6, 6.07) is 0.258. The van der Waals surface area contributed by atoms with E-state index in [2.05, 4.69) is 16.9 Å². The van der Waals surface area contributed by atoms with E-state index < -0.39 is 0 Å². The lowest BCUT2D eigenvalue weighted by atomic mass is 10.4. The van der Waals surface area contributed by atoms with Gasteiger partial charge in [-0.15, -0.1) is 6.58 Å². The topological polar surface area (TPSA) is 71.2 Å². The van der Waals surface area contributed by atoms with Crippen molar-refractivity contribution in [3.05, 3.63) is 17.5 Å². The number of anilines is 2. The smallest absolute Gasteiger partial charge is 0.268 e. The van der Waals surface area contributed by atoms with Crippen molar-refractivity contribution < 1.29 is 4.79 Å². The molecule has 0 saturated heterocycles. The molecule has 1 aromatic heterocycles. The van der Waals surface area contributed by atoms with Crippen molar-refractivity contribution >= 4 is 28.2 Å². The Kier molecular flexibility index (Phi) is 5.15. The predicted octanol–water partition coefficient (Wildman–Crippen LogP) is 2.19. The second-order valence-electron chi connectivity index (χ2n) is 4.16. The van der Waals surface area contributed by atoms with Crippen LogP contribution in [0.5, 0.6) is 0 Å². The summed E-state index contributed by atoms with van der Waals surface area (Å²) in [5.41, 5.74) is 5.79. The number of nitrogens with one attached hydrogen (secondary N) is 1. The van der Waals surface area contributed by atoms with Crippen molar-refractivity contribution in [3.63, 3.8) is 0 Å². The van der Waals surface area contributed by atoms with Crippen LogP contribution in [0.3, 0.4) is 0 Å². The Morgan fingerprint density at radius 1 is 1.67 bits per heavy atom. The lowest BCUT2D eigenvalue weighted by Gasteiger charge is -2.17. The predicted molar refractivity (Wildman–Crippen MR) is 77.1 cm³/mol. The van der Waals surface area contributed by atoms with E-state index in [0.29, 0.717) is 23.1 Å². The monoisotopic (exact) mass is 268 g/mol. The van der Waals surface area contributed by atoms with E-state index in [1.54, 1.807) is 11.0 Å². The Morgan fingerprint density at radius 3 is 2.83 bits per heavy atom. The van der Waals surface area contributed by atoms with Crippen LogP contribution >= 0.6 is 11.3 Å². The highest BCUT2D eigenvalue weighted by Gasteiger charge is 2.20. The Morgan fingerprint density at radius 2 is 2.33 bits per heavy atom. The minimum Gasteiger partial charge on any atom is -0.382 e. The number of carbonyl (C=O) groups excluding carboxylic acids is 1. The summed E-state index contributed by atoms with van der Waals surface area (Å²) < 4.78 is 0. The third kappa shape index (κ3) is 3.46. The van der Waals surface area contributed by atoms with Gasteiger partial charge in [0.1, 0.15) is 10.7 Å². The fourth-order valence-electron chi connectivity index (χ4n) is 1.45. The molecule has 5 nitrogen and oxygen atoms in total. The highest BCUT2D eigenvalue weighted by Crippen LogP contribution is 2.26. The van der Waals surface area contributed by atoms with E-state index >= 15 is 0 Å². The molecule has 0 unspecified atom stereocenters. The summed E-state index contributed by atoms with van der Waals surface area (Å²) in [5, 5.41) is 3.83. The average Bonchev–Trinajstić information content (AvgIpc) is 2.65. The standard InChI is InChI=1S/C12H20N4OS/c1-5-7-16(6-2)11(17)9-10(13)15-12(18-9)14-8(3)4/h5,8H,1,6-7,13H2,2-4H3,(H,14,15). The van der Waals surface area contributed by atoms with Gasteiger partial charge in [0.15, 0.2) is 5.13 Å². The van der Waals surface area contributed by atoms with E-state index in [1.165, 1.54) is 11.3 Å². The van der Waals surface area contributed by atoms with Gasteiger partial charge in [-0.3, -0.25) is 4.79 Å². The molecule has 1 heterocycles. The average molecular weight is 268 g/mol. The van der Waals surface area contributed by atoms with Crippen molar-refractivity contribution in [2.24, 2.45) is 0 Å². The largest absolute Gasteiger partial charge is 0.382 e. The van der Waals surface area contributed by atoms with Gasteiger partial charge in [-0.2, -0.15) is 0 Å². The molecule has 3 N–H and O–H groups in total. The minimum absolute atomic E-state index is 0.0933. The van der Waals surface area contributed by atoms with Crippen LogP contribution in [0.25, 0.3) is 0 Å². The molecule has 6 heteroatoms. The van der Waals surface area contributed by atoms with Crippen LogP contribution in [0, 0.1) is 0 Å². The second kappa shape index (κ2) is 6.39. The van der Waals surface area contributed by atoms with Gasteiger partial charge in [0.05, 0.1) is 0 Å². The number of nitrogens with zero attached hydrogens (tertiary/aromatic N) is 2. The van der Waals surface area contributed by atoms with Gasteiger partial charge in [0.2, 0.25) is 0 Å².